The maximum absolute atomic E-state index is 14.0. The zero-order chi connectivity index (χ0) is 29.1. The fraction of sp³-hybridized carbons (Fsp3) is 0.125. The average molecular weight is 567 g/mol. The summed E-state index contributed by atoms with van der Waals surface area (Å²) in [6, 6.07) is 31.4. The van der Waals surface area contributed by atoms with Gasteiger partial charge >= 0.3 is 0 Å². The summed E-state index contributed by atoms with van der Waals surface area (Å²) in [5, 5.41) is 2.77. The zero-order valence-corrected chi connectivity index (χ0v) is 23.8. The second-order valence-corrected chi connectivity index (χ2v) is 11.6. The molecule has 0 fully saturated rings. The fourth-order valence-electron chi connectivity index (χ4n) is 4.66. The van der Waals surface area contributed by atoms with Crippen molar-refractivity contribution in [1.29, 1.82) is 0 Å². The molecule has 1 amide bonds. The van der Waals surface area contributed by atoms with Crippen molar-refractivity contribution in [3.63, 3.8) is 0 Å². The number of carbonyl (C=O) groups excluding carboxylic acids is 1. The molecule has 1 N–H and O–H groups in total. The molecule has 1 aromatic heterocycles. The molecule has 41 heavy (non-hydrogen) atoms. The number of aromatic nitrogens is 2. The van der Waals surface area contributed by atoms with Gasteiger partial charge in [-0.3, -0.25) is 18.6 Å². The van der Waals surface area contributed by atoms with Crippen LogP contribution < -0.4 is 15.2 Å². The minimum Gasteiger partial charge on any atom is -0.316 e. The summed E-state index contributed by atoms with van der Waals surface area (Å²) in [7, 11) is -2.33. The van der Waals surface area contributed by atoms with Gasteiger partial charge in [0.25, 0.3) is 21.5 Å². The van der Waals surface area contributed by atoms with E-state index in [1.54, 1.807) is 79.3 Å². The fourth-order valence-corrected chi connectivity index (χ4v) is 6.13. The number of amides is 1. The van der Waals surface area contributed by atoms with Gasteiger partial charge in [0.05, 0.1) is 34.1 Å². The Balaban J connectivity index is 1.58. The highest BCUT2D eigenvalue weighted by molar-refractivity contribution is 7.92. The molecule has 8 nitrogen and oxygen atoms in total. The lowest BCUT2D eigenvalue weighted by atomic mass is 10.1. The molecule has 5 rings (SSSR count). The number of benzene rings is 4. The lowest BCUT2D eigenvalue weighted by Gasteiger charge is -2.26. The van der Waals surface area contributed by atoms with Crippen LogP contribution in [0.5, 0.6) is 0 Å². The smallest absolute Gasteiger partial charge is 0.295 e. The number of aryl methyl sites for hydroxylation is 1. The van der Waals surface area contributed by atoms with Crippen molar-refractivity contribution >= 4 is 27.3 Å². The van der Waals surface area contributed by atoms with Gasteiger partial charge in [0.2, 0.25) is 0 Å². The minimum atomic E-state index is -4.07. The van der Waals surface area contributed by atoms with Crippen molar-refractivity contribution < 1.29 is 13.2 Å². The Morgan fingerprint density at radius 1 is 0.805 bits per heavy atom. The number of rotatable bonds is 8. The first-order valence-corrected chi connectivity index (χ1v) is 14.5. The predicted molar refractivity (Wildman–Crippen MR) is 161 cm³/mol. The molecular formula is C32H30N4O4S. The third kappa shape index (κ3) is 5.44. The van der Waals surface area contributed by atoms with E-state index in [2.05, 4.69) is 5.32 Å². The summed E-state index contributed by atoms with van der Waals surface area (Å²) in [4.78, 5) is 27.3. The number of hydrogen-bond donors (Lipinski definition) is 1. The summed E-state index contributed by atoms with van der Waals surface area (Å²) < 4.78 is 32.4. The lowest BCUT2D eigenvalue weighted by Crippen LogP contribution is -2.32. The molecule has 0 aliphatic heterocycles. The molecule has 0 aliphatic carbocycles. The maximum Gasteiger partial charge on any atom is 0.295 e. The van der Waals surface area contributed by atoms with Crippen LogP contribution in [0.3, 0.4) is 0 Å². The second-order valence-electron chi connectivity index (χ2n) is 9.72. The molecule has 0 spiro atoms. The molecule has 9 heteroatoms. The van der Waals surface area contributed by atoms with E-state index in [9.17, 15) is 18.0 Å². The quantitative estimate of drug-likeness (QED) is 0.271. The Morgan fingerprint density at radius 3 is 2.05 bits per heavy atom. The third-order valence-corrected chi connectivity index (χ3v) is 8.76. The summed E-state index contributed by atoms with van der Waals surface area (Å²) in [6.07, 6.45) is 0. The number of carbonyl (C=O) groups is 1. The Bertz CT molecular complexity index is 1860. The van der Waals surface area contributed by atoms with Crippen molar-refractivity contribution in [2.75, 3.05) is 9.62 Å². The largest absolute Gasteiger partial charge is 0.316 e. The SMILES string of the molecule is Cc1ccc(S(=O)(=O)N(Cc2ccccc2)c2ccccc2C(=O)Nc2c(C)n(C)n(-c3ccccc3)c2=O)cc1. The number of hydrogen-bond acceptors (Lipinski definition) is 4. The van der Waals surface area contributed by atoms with Gasteiger partial charge in [0, 0.05) is 7.05 Å². The van der Waals surface area contributed by atoms with E-state index in [0.717, 1.165) is 11.1 Å². The first kappa shape index (κ1) is 27.7. The minimum absolute atomic E-state index is 0.00647. The van der Waals surface area contributed by atoms with Gasteiger partial charge in [0.1, 0.15) is 5.69 Å². The summed E-state index contributed by atoms with van der Waals surface area (Å²) in [5.41, 5.74) is 2.93. The van der Waals surface area contributed by atoms with Gasteiger partial charge in [-0.1, -0.05) is 78.4 Å². The van der Waals surface area contributed by atoms with Crippen molar-refractivity contribution in [1.82, 2.24) is 9.36 Å². The van der Waals surface area contributed by atoms with E-state index in [0.29, 0.717) is 11.4 Å². The Labute approximate surface area is 239 Å². The predicted octanol–water partition coefficient (Wildman–Crippen LogP) is 5.44. The molecular weight excluding hydrogens is 536 g/mol. The van der Waals surface area contributed by atoms with Crippen molar-refractivity contribution in [3.8, 4) is 5.69 Å². The van der Waals surface area contributed by atoms with E-state index in [1.807, 2.05) is 55.5 Å². The highest BCUT2D eigenvalue weighted by Crippen LogP contribution is 2.30. The Kier molecular flexibility index (Phi) is 7.63. The van der Waals surface area contributed by atoms with Gasteiger partial charge < -0.3 is 5.32 Å². The molecule has 0 aliphatic rings. The van der Waals surface area contributed by atoms with E-state index in [-0.39, 0.29) is 28.4 Å². The van der Waals surface area contributed by atoms with Crippen LogP contribution in [0.2, 0.25) is 0 Å². The highest BCUT2D eigenvalue weighted by atomic mass is 32.2. The van der Waals surface area contributed by atoms with Gasteiger partial charge in [-0.05, 0) is 55.8 Å². The molecule has 0 bridgehead atoms. The van der Waals surface area contributed by atoms with Gasteiger partial charge in [-0.25, -0.2) is 13.1 Å². The first-order chi connectivity index (χ1) is 19.7. The normalized spacial score (nSPS) is 11.3. The molecule has 0 saturated carbocycles. The number of nitrogens with zero attached hydrogens (tertiary/aromatic N) is 3. The number of anilines is 2. The summed E-state index contributed by atoms with van der Waals surface area (Å²) >= 11 is 0. The molecule has 0 unspecified atom stereocenters. The highest BCUT2D eigenvalue weighted by Gasteiger charge is 2.29. The van der Waals surface area contributed by atoms with Crippen LogP contribution in [0.1, 0.15) is 27.2 Å². The van der Waals surface area contributed by atoms with Gasteiger partial charge in [-0.2, -0.15) is 0 Å². The van der Waals surface area contributed by atoms with Crippen LogP contribution in [0.25, 0.3) is 5.69 Å². The van der Waals surface area contributed by atoms with Crippen LogP contribution in [0, 0.1) is 13.8 Å². The molecule has 0 atom stereocenters. The van der Waals surface area contributed by atoms with Gasteiger partial charge in [0.15, 0.2) is 0 Å². The van der Waals surface area contributed by atoms with Crippen LogP contribution in [-0.2, 0) is 23.6 Å². The lowest BCUT2D eigenvalue weighted by molar-refractivity contribution is 0.102. The van der Waals surface area contributed by atoms with E-state index >= 15 is 0 Å². The Morgan fingerprint density at radius 2 is 1.39 bits per heavy atom. The second kappa shape index (κ2) is 11.3. The van der Waals surface area contributed by atoms with E-state index in [4.69, 9.17) is 0 Å². The third-order valence-electron chi connectivity index (χ3n) is 6.99. The summed E-state index contributed by atoms with van der Waals surface area (Å²) in [6.45, 7) is 3.63. The first-order valence-electron chi connectivity index (χ1n) is 13.1. The van der Waals surface area contributed by atoms with Crippen molar-refractivity contribution in [2.24, 2.45) is 7.05 Å². The van der Waals surface area contributed by atoms with Gasteiger partial charge in [-0.15, -0.1) is 0 Å². The molecule has 208 valence electrons. The zero-order valence-electron chi connectivity index (χ0n) is 23.0. The van der Waals surface area contributed by atoms with Crippen molar-refractivity contribution in [3.05, 3.63) is 142 Å². The number of nitrogens with one attached hydrogen (secondary N) is 1. The molecule has 4 aromatic carbocycles. The van der Waals surface area contributed by atoms with Crippen LogP contribution in [0.4, 0.5) is 11.4 Å². The maximum atomic E-state index is 14.0. The monoisotopic (exact) mass is 566 g/mol. The van der Waals surface area contributed by atoms with Crippen LogP contribution in [0.15, 0.2) is 119 Å². The van der Waals surface area contributed by atoms with E-state index in [1.165, 1.54) is 8.99 Å². The standard InChI is InChI=1S/C32H30N4O4S/c1-23-18-20-27(21-19-23)41(39,40)35(22-25-12-6-4-7-13-25)29-17-11-10-16-28(29)31(37)33-30-24(2)34(3)36(32(30)38)26-14-8-5-9-15-26/h4-21H,22H2,1-3H3,(H,33,37). The topological polar surface area (TPSA) is 93.4 Å². The molecule has 1 heterocycles. The summed E-state index contributed by atoms with van der Waals surface area (Å²) in [5.74, 6) is -0.594. The molecule has 0 saturated heterocycles. The van der Waals surface area contributed by atoms with Crippen molar-refractivity contribution in [2.45, 2.75) is 25.3 Å². The van der Waals surface area contributed by atoms with Crippen LogP contribution >= 0.6 is 0 Å². The van der Waals surface area contributed by atoms with E-state index < -0.39 is 21.5 Å². The number of para-hydroxylation sites is 2. The molecule has 5 aromatic rings. The van der Waals surface area contributed by atoms with Crippen LogP contribution in [-0.4, -0.2) is 23.7 Å². The number of sulfonamides is 1. The molecule has 0 radical (unpaired) electrons. The average Bonchev–Trinajstić information content (AvgIpc) is 3.19. The Hall–Kier alpha value is -4.89.